The molecule has 1 heterocycles. The number of likely N-dealkylation sites (tertiary alicyclic amines) is 1. The monoisotopic (exact) mass is 360 g/mol. The number of nitrogens with one attached hydrogen (secondary N) is 1. The number of hydrogen-bond donors (Lipinski definition) is 1. The molecule has 0 aliphatic carbocycles. The SMILES string of the molecule is CC(C)(C)OC(=O)N1CCCC(C(=O)Nc2ccc(C(C)(C)C)cc2)C1. The third kappa shape index (κ3) is 5.75. The number of anilines is 1. The zero-order valence-electron chi connectivity index (χ0n) is 16.9. The Kier molecular flexibility index (Phi) is 5.99. The van der Waals surface area contributed by atoms with E-state index in [2.05, 4.69) is 26.1 Å². The molecule has 5 nitrogen and oxygen atoms in total. The summed E-state index contributed by atoms with van der Waals surface area (Å²) in [6.45, 7) is 13.1. The Labute approximate surface area is 157 Å². The second-order valence-electron chi connectivity index (χ2n) is 9.08. The number of amides is 2. The summed E-state index contributed by atoms with van der Waals surface area (Å²) >= 11 is 0. The molecule has 1 aliphatic heterocycles. The highest BCUT2D eigenvalue weighted by Crippen LogP contribution is 2.25. The van der Waals surface area contributed by atoms with E-state index >= 15 is 0 Å². The van der Waals surface area contributed by atoms with Gasteiger partial charge in [-0.25, -0.2) is 4.79 Å². The topological polar surface area (TPSA) is 58.6 Å². The number of nitrogens with zero attached hydrogens (tertiary/aromatic N) is 1. The number of carbonyl (C=O) groups excluding carboxylic acids is 2. The van der Waals surface area contributed by atoms with E-state index < -0.39 is 5.60 Å². The largest absolute Gasteiger partial charge is 0.444 e. The summed E-state index contributed by atoms with van der Waals surface area (Å²) in [5.74, 6) is -0.250. The Bertz CT molecular complexity index is 639. The molecule has 0 radical (unpaired) electrons. The number of carbonyl (C=O) groups is 2. The van der Waals surface area contributed by atoms with Crippen LogP contribution >= 0.6 is 0 Å². The molecule has 0 aromatic heterocycles. The lowest BCUT2D eigenvalue weighted by molar-refractivity contribution is -0.121. The molecule has 1 fully saturated rings. The zero-order chi connectivity index (χ0) is 19.5. The van der Waals surface area contributed by atoms with E-state index in [-0.39, 0.29) is 23.3 Å². The molecule has 144 valence electrons. The van der Waals surface area contributed by atoms with Crippen molar-refractivity contribution in [2.24, 2.45) is 5.92 Å². The number of piperidine rings is 1. The van der Waals surface area contributed by atoms with Crippen molar-refractivity contribution in [1.82, 2.24) is 4.90 Å². The molecule has 1 saturated heterocycles. The fourth-order valence-corrected chi connectivity index (χ4v) is 2.98. The van der Waals surface area contributed by atoms with Crippen LogP contribution in [0.4, 0.5) is 10.5 Å². The fourth-order valence-electron chi connectivity index (χ4n) is 2.98. The van der Waals surface area contributed by atoms with Crippen LogP contribution in [0.1, 0.15) is 59.9 Å². The average Bonchev–Trinajstić information content (AvgIpc) is 2.53. The van der Waals surface area contributed by atoms with Crippen molar-refractivity contribution in [2.75, 3.05) is 18.4 Å². The van der Waals surface area contributed by atoms with Crippen LogP contribution in [0.2, 0.25) is 0 Å². The second-order valence-corrected chi connectivity index (χ2v) is 9.08. The quantitative estimate of drug-likeness (QED) is 0.840. The molecule has 1 aliphatic rings. The molecule has 2 rings (SSSR count). The normalized spacial score (nSPS) is 18.4. The predicted molar refractivity (Wildman–Crippen MR) is 104 cm³/mol. The third-order valence-corrected chi connectivity index (χ3v) is 4.46. The highest BCUT2D eigenvalue weighted by atomic mass is 16.6. The van der Waals surface area contributed by atoms with E-state index in [0.29, 0.717) is 13.1 Å². The molecule has 1 atom stereocenters. The van der Waals surface area contributed by atoms with E-state index in [4.69, 9.17) is 4.74 Å². The molecule has 26 heavy (non-hydrogen) atoms. The number of hydrogen-bond acceptors (Lipinski definition) is 3. The summed E-state index contributed by atoms with van der Waals surface area (Å²) in [7, 11) is 0. The van der Waals surface area contributed by atoms with Gasteiger partial charge in [0.2, 0.25) is 5.91 Å². The van der Waals surface area contributed by atoms with Gasteiger partial charge in [-0.15, -0.1) is 0 Å². The third-order valence-electron chi connectivity index (χ3n) is 4.46. The maximum Gasteiger partial charge on any atom is 0.410 e. The molecule has 1 aromatic rings. The lowest BCUT2D eigenvalue weighted by Gasteiger charge is -2.33. The van der Waals surface area contributed by atoms with E-state index in [9.17, 15) is 9.59 Å². The lowest BCUT2D eigenvalue weighted by atomic mass is 9.87. The van der Waals surface area contributed by atoms with Crippen molar-refractivity contribution in [1.29, 1.82) is 0 Å². The predicted octanol–water partition coefficient (Wildman–Crippen LogP) is 4.57. The highest BCUT2D eigenvalue weighted by Gasteiger charge is 2.31. The maximum absolute atomic E-state index is 12.6. The molecule has 1 unspecified atom stereocenters. The fraction of sp³-hybridized carbons (Fsp3) is 0.619. The molecule has 0 saturated carbocycles. The molecule has 1 N–H and O–H groups in total. The lowest BCUT2D eigenvalue weighted by Crippen LogP contribution is -2.45. The summed E-state index contributed by atoms with van der Waals surface area (Å²) < 4.78 is 5.42. The van der Waals surface area contributed by atoms with Crippen molar-refractivity contribution in [3.8, 4) is 0 Å². The Morgan fingerprint density at radius 1 is 1.08 bits per heavy atom. The first-order valence-electron chi connectivity index (χ1n) is 9.35. The molecule has 5 heteroatoms. The number of benzene rings is 1. The van der Waals surface area contributed by atoms with Gasteiger partial charge in [-0.1, -0.05) is 32.9 Å². The highest BCUT2D eigenvalue weighted by molar-refractivity contribution is 5.93. The van der Waals surface area contributed by atoms with Crippen molar-refractivity contribution >= 4 is 17.7 Å². The van der Waals surface area contributed by atoms with Gasteiger partial charge in [0.15, 0.2) is 0 Å². The summed E-state index contributed by atoms with van der Waals surface area (Å²) in [5, 5.41) is 2.98. The van der Waals surface area contributed by atoms with Crippen molar-refractivity contribution in [3.05, 3.63) is 29.8 Å². The second kappa shape index (κ2) is 7.68. The first-order chi connectivity index (χ1) is 12.0. The van der Waals surface area contributed by atoms with Gasteiger partial charge in [0.1, 0.15) is 5.60 Å². The summed E-state index contributed by atoms with van der Waals surface area (Å²) in [4.78, 5) is 26.5. The molecule has 1 aromatic carbocycles. The van der Waals surface area contributed by atoms with Gasteiger partial charge in [0.05, 0.1) is 5.92 Å². The van der Waals surface area contributed by atoms with Crippen LogP contribution in [0.5, 0.6) is 0 Å². The maximum atomic E-state index is 12.6. The van der Waals surface area contributed by atoms with Crippen LogP contribution in [0, 0.1) is 5.92 Å². The molecular formula is C21H32N2O3. The van der Waals surface area contributed by atoms with E-state index in [1.54, 1.807) is 4.90 Å². The molecular weight excluding hydrogens is 328 g/mol. The van der Waals surface area contributed by atoms with Gasteiger partial charge < -0.3 is 15.0 Å². The molecule has 0 spiro atoms. The van der Waals surface area contributed by atoms with Crippen LogP contribution in [0.15, 0.2) is 24.3 Å². The van der Waals surface area contributed by atoms with Crippen LogP contribution < -0.4 is 5.32 Å². The van der Waals surface area contributed by atoms with Gasteiger partial charge >= 0.3 is 6.09 Å². The minimum absolute atomic E-state index is 0.0400. The van der Waals surface area contributed by atoms with Gasteiger partial charge in [0, 0.05) is 18.8 Å². The standard InChI is InChI=1S/C21H32N2O3/c1-20(2,3)16-9-11-17(12-10-16)22-18(24)15-8-7-13-23(14-15)19(25)26-21(4,5)6/h9-12,15H,7-8,13-14H2,1-6H3,(H,22,24). The zero-order valence-corrected chi connectivity index (χ0v) is 16.9. The average molecular weight is 360 g/mol. The van der Waals surface area contributed by atoms with Crippen LogP contribution in [-0.4, -0.2) is 35.6 Å². The Morgan fingerprint density at radius 3 is 2.23 bits per heavy atom. The van der Waals surface area contributed by atoms with Crippen molar-refractivity contribution < 1.29 is 14.3 Å². The van der Waals surface area contributed by atoms with E-state index in [1.165, 1.54) is 5.56 Å². The first kappa shape index (κ1) is 20.3. The van der Waals surface area contributed by atoms with Gasteiger partial charge in [-0.3, -0.25) is 4.79 Å². The van der Waals surface area contributed by atoms with Gasteiger partial charge in [-0.05, 0) is 56.7 Å². The van der Waals surface area contributed by atoms with Crippen molar-refractivity contribution in [3.63, 3.8) is 0 Å². The minimum Gasteiger partial charge on any atom is -0.444 e. The van der Waals surface area contributed by atoms with Crippen molar-refractivity contribution in [2.45, 2.75) is 65.4 Å². The number of ether oxygens (including phenoxy) is 1. The van der Waals surface area contributed by atoms with E-state index in [0.717, 1.165) is 18.5 Å². The summed E-state index contributed by atoms with van der Waals surface area (Å²) in [6.07, 6.45) is 1.25. The van der Waals surface area contributed by atoms with Gasteiger partial charge in [-0.2, -0.15) is 0 Å². The Balaban J connectivity index is 1.95. The van der Waals surface area contributed by atoms with Crippen LogP contribution in [-0.2, 0) is 14.9 Å². The first-order valence-corrected chi connectivity index (χ1v) is 9.35. The molecule has 2 amide bonds. The summed E-state index contributed by atoms with van der Waals surface area (Å²) in [6, 6.07) is 7.97. The Morgan fingerprint density at radius 2 is 1.69 bits per heavy atom. The van der Waals surface area contributed by atoms with Gasteiger partial charge in [0.25, 0.3) is 0 Å². The minimum atomic E-state index is -0.527. The van der Waals surface area contributed by atoms with E-state index in [1.807, 2.05) is 45.0 Å². The van der Waals surface area contributed by atoms with Crippen LogP contribution in [0.3, 0.4) is 0 Å². The Hall–Kier alpha value is -2.04. The molecule has 0 bridgehead atoms. The number of rotatable bonds is 2. The smallest absolute Gasteiger partial charge is 0.410 e. The van der Waals surface area contributed by atoms with Crippen LogP contribution in [0.25, 0.3) is 0 Å². The summed E-state index contributed by atoms with van der Waals surface area (Å²) in [5.41, 5.74) is 1.57.